The molecule has 0 spiro atoms. The van der Waals surface area contributed by atoms with Gasteiger partial charge in [-0.05, 0) is 41.8 Å². The van der Waals surface area contributed by atoms with Gasteiger partial charge in [-0.1, -0.05) is 43.6 Å². The van der Waals surface area contributed by atoms with Crippen LogP contribution in [0.25, 0.3) is 17.0 Å². The molecule has 148 valence electrons. The Bertz CT molecular complexity index is 1250. The summed E-state index contributed by atoms with van der Waals surface area (Å²) in [5.41, 5.74) is -0.334. The second-order valence-electron chi connectivity index (χ2n) is 6.80. The molecule has 0 saturated carbocycles. The van der Waals surface area contributed by atoms with Crippen molar-refractivity contribution < 1.29 is 9.90 Å². The molecule has 0 unspecified atom stereocenters. The number of carbonyl (C=O) groups excluding carboxylic acids is 1. The van der Waals surface area contributed by atoms with E-state index < -0.39 is 22.6 Å². The summed E-state index contributed by atoms with van der Waals surface area (Å²) in [5.74, 6) is -0.698. The molecule has 0 radical (unpaired) electrons. The highest BCUT2D eigenvalue weighted by atomic mass is 35.5. The van der Waals surface area contributed by atoms with Gasteiger partial charge in [0.1, 0.15) is 5.75 Å². The van der Waals surface area contributed by atoms with Gasteiger partial charge in [-0.25, -0.2) is 0 Å². The van der Waals surface area contributed by atoms with Crippen molar-refractivity contribution in [1.29, 1.82) is 0 Å². The van der Waals surface area contributed by atoms with Gasteiger partial charge in [-0.3, -0.25) is 14.4 Å². The molecule has 3 rings (SSSR count). The number of nitrogens with one attached hydrogen (secondary N) is 2. The number of halogens is 1. The van der Waals surface area contributed by atoms with E-state index in [1.165, 1.54) is 18.2 Å². The molecule has 6 nitrogen and oxygen atoms in total. The molecule has 0 aliphatic rings. The lowest BCUT2D eigenvalue weighted by Gasteiger charge is -2.12. The summed E-state index contributed by atoms with van der Waals surface area (Å²) in [4.78, 5) is 39.3. The van der Waals surface area contributed by atoms with Gasteiger partial charge in [-0.2, -0.15) is 0 Å². The lowest BCUT2D eigenvalue weighted by Crippen LogP contribution is -2.25. The van der Waals surface area contributed by atoms with Crippen LogP contribution in [0.1, 0.15) is 30.9 Å². The first-order valence-electron chi connectivity index (χ1n) is 8.94. The lowest BCUT2D eigenvalue weighted by molar-refractivity contribution is -0.111. The summed E-state index contributed by atoms with van der Waals surface area (Å²) < 4.78 is 0. The summed E-state index contributed by atoms with van der Waals surface area (Å²) in [6, 6.07) is 11.8. The Labute approximate surface area is 171 Å². The lowest BCUT2D eigenvalue weighted by atomic mass is 10.0. The van der Waals surface area contributed by atoms with Crippen molar-refractivity contribution in [3.05, 3.63) is 85.3 Å². The molecular formula is C22H19ClN2O4. The Balaban J connectivity index is 2.01. The predicted molar refractivity (Wildman–Crippen MR) is 116 cm³/mol. The molecule has 0 saturated heterocycles. The first-order chi connectivity index (χ1) is 13.8. The number of amides is 1. The average molecular weight is 411 g/mol. The number of aromatic nitrogens is 1. The molecule has 1 aromatic heterocycles. The molecule has 0 fully saturated rings. The summed E-state index contributed by atoms with van der Waals surface area (Å²) in [6.07, 6.45) is 2.24. The average Bonchev–Trinajstić information content (AvgIpc) is 2.75. The molecule has 29 heavy (non-hydrogen) atoms. The molecule has 0 aliphatic carbocycles. The van der Waals surface area contributed by atoms with Crippen molar-refractivity contribution in [3.8, 4) is 5.75 Å². The van der Waals surface area contributed by atoms with E-state index in [0.29, 0.717) is 10.7 Å². The minimum Gasteiger partial charge on any atom is -0.506 e. The van der Waals surface area contributed by atoms with Crippen LogP contribution in [0.3, 0.4) is 0 Å². The molecule has 0 bridgehead atoms. The minimum atomic E-state index is -0.957. The monoisotopic (exact) mass is 410 g/mol. The predicted octanol–water partition coefficient (Wildman–Crippen LogP) is 4.02. The molecular weight excluding hydrogens is 392 g/mol. The Morgan fingerprint density at radius 1 is 1.17 bits per heavy atom. The minimum absolute atomic E-state index is 0.206. The number of anilines is 1. The third kappa shape index (κ3) is 4.38. The van der Waals surface area contributed by atoms with Crippen molar-refractivity contribution in [3.63, 3.8) is 0 Å². The number of H-pyrrole nitrogens is 1. The number of para-hydroxylation sites is 1. The fraction of sp³-hybridized carbons (Fsp3) is 0.136. The third-order valence-corrected chi connectivity index (χ3v) is 4.67. The van der Waals surface area contributed by atoms with E-state index in [2.05, 4.69) is 10.3 Å². The molecule has 0 aliphatic heterocycles. The van der Waals surface area contributed by atoms with Gasteiger partial charge in [0.05, 0.1) is 11.1 Å². The van der Waals surface area contributed by atoms with Crippen molar-refractivity contribution in [1.82, 2.24) is 4.98 Å². The Morgan fingerprint density at radius 2 is 1.90 bits per heavy atom. The fourth-order valence-corrected chi connectivity index (χ4v) is 3.15. The van der Waals surface area contributed by atoms with Crippen LogP contribution < -0.4 is 16.3 Å². The SMILES string of the molecule is CC(C)c1ccccc1NC(=O)/C=C/c1c(O)c2ccc(Cl)cc2[nH]c(=O)c1=O. The van der Waals surface area contributed by atoms with Gasteiger partial charge in [0.25, 0.3) is 11.0 Å². The van der Waals surface area contributed by atoms with Crippen LogP contribution in [-0.4, -0.2) is 16.0 Å². The fourth-order valence-electron chi connectivity index (χ4n) is 2.98. The summed E-state index contributed by atoms with van der Waals surface area (Å²) in [6.45, 7) is 4.02. The second-order valence-corrected chi connectivity index (χ2v) is 7.24. The van der Waals surface area contributed by atoms with Gasteiger partial charge in [-0.15, -0.1) is 0 Å². The van der Waals surface area contributed by atoms with Crippen LogP contribution in [0.2, 0.25) is 5.02 Å². The maximum atomic E-state index is 12.4. The van der Waals surface area contributed by atoms with Crippen LogP contribution in [0.5, 0.6) is 5.75 Å². The normalized spacial score (nSPS) is 11.3. The van der Waals surface area contributed by atoms with Gasteiger partial charge < -0.3 is 15.4 Å². The van der Waals surface area contributed by atoms with Crippen LogP contribution in [0, 0.1) is 0 Å². The second kappa shape index (κ2) is 8.32. The highest BCUT2D eigenvalue weighted by molar-refractivity contribution is 6.31. The smallest absolute Gasteiger partial charge is 0.296 e. The summed E-state index contributed by atoms with van der Waals surface area (Å²) in [7, 11) is 0. The first-order valence-corrected chi connectivity index (χ1v) is 9.32. The highest BCUT2D eigenvalue weighted by Gasteiger charge is 2.12. The zero-order valence-electron chi connectivity index (χ0n) is 15.8. The number of benzene rings is 2. The number of fused-ring (bicyclic) bond motifs is 1. The number of aromatic amines is 1. The van der Waals surface area contributed by atoms with E-state index in [1.807, 2.05) is 26.0 Å². The van der Waals surface area contributed by atoms with Crippen molar-refractivity contribution in [2.75, 3.05) is 5.32 Å². The van der Waals surface area contributed by atoms with E-state index in [-0.39, 0.29) is 22.4 Å². The zero-order chi connectivity index (χ0) is 21.1. The van der Waals surface area contributed by atoms with Crippen molar-refractivity contribution >= 4 is 40.2 Å². The van der Waals surface area contributed by atoms with E-state index >= 15 is 0 Å². The van der Waals surface area contributed by atoms with Crippen molar-refractivity contribution in [2.45, 2.75) is 19.8 Å². The van der Waals surface area contributed by atoms with Crippen LogP contribution in [-0.2, 0) is 4.79 Å². The molecule has 3 aromatic rings. The van der Waals surface area contributed by atoms with E-state index in [9.17, 15) is 19.5 Å². The Kier molecular flexibility index (Phi) is 5.84. The van der Waals surface area contributed by atoms with Gasteiger partial charge >= 0.3 is 0 Å². The van der Waals surface area contributed by atoms with Gasteiger partial charge in [0.2, 0.25) is 5.91 Å². The van der Waals surface area contributed by atoms with Crippen LogP contribution in [0.15, 0.2) is 58.1 Å². The van der Waals surface area contributed by atoms with Gasteiger partial charge in [0, 0.05) is 22.2 Å². The third-order valence-electron chi connectivity index (χ3n) is 4.43. The van der Waals surface area contributed by atoms with Gasteiger partial charge in [0.15, 0.2) is 0 Å². The first kappa shape index (κ1) is 20.4. The summed E-state index contributed by atoms with van der Waals surface area (Å²) >= 11 is 5.91. The number of carbonyl (C=O) groups is 1. The quantitative estimate of drug-likeness (QED) is 0.446. The Hall–Kier alpha value is -3.38. The number of hydrogen-bond acceptors (Lipinski definition) is 4. The number of hydrogen-bond donors (Lipinski definition) is 3. The number of aromatic hydroxyl groups is 1. The maximum absolute atomic E-state index is 12.4. The van der Waals surface area contributed by atoms with E-state index in [1.54, 1.807) is 12.1 Å². The largest absolute Gasteiger partial charge is 0.506 e. The maximum Gasteiger partial charge on any atom is 0.296 e. The number of rotatable bonds is 4. The zero-order valence-corrected chi connectivity index (χ0v) is 16.6. The summed E-state index contributed by atoms with van der Waals surface area (Å²) in [5, 5.41) is 13.9. The van der Waals surface area contributed by atoms with E-state index in [4.69, 9.17) is 11.6 Å². The molecule has 7 heteroatoms. The Morgan fingerprint density at radius 3 is 2.62 bits per heavy atom. The molecule has 3 N–H and O–H groups in total. The molecule has 1 heterocycles. The molecule has 1 amide bonds. The highest BCUT2D eigenvalue weighted by Crippen LogP contribution is 2.27. The van der Waals surface area contributed by atoms with Crippen molar-refractivity contribution in [2.24, 2.45) is 0 Å². The van der Waals surface area contributed by atoms with Crippen LogP contribution >= 0.6 is 11.6 Å². The standard InChI is InChI=1S/C22H19ClN2O4/c1-12(2)14-5-3-4-6-17(14)24-19(26)10-9-16-20(27)15-8-7-13(23)11-18(15)25-22(29)21(16)28/h3-12,27H,1-2H3,(H,24,26)(H,25,28,29)/b10-9+. The van der Waals surface area contributed by atoms with E-state index in [0.717, 1.165) is 17.7 Å². The topological polar surface area (TPSA) is 99.3 Å². The van der Waals surface area contributed by atoms with Crippen LogP contribution in [0.4, 0.5) is 5.69 Å². The molecule has 2 aromatic carbocycles. The molecule has 0 atom stereocenters.